The second-order valence-corrected chi connectivity index (χ2v) is 4.99. The molecule has 0 amide bonds. The number of halogens is 1. The highest BCUT2D eigenvalue weighted by Gasteiger charge is 2.22. The van der Waals surface area contributed by atoms with Gasteiger partial charge in [0.1, 0.15) is 6.54 Å². The lowest BCUT2D eigenvalue weighted by Gasteiger charge is -2.09. The van der Waals surface area contributed by atoms with Gasteiger partial charge in [-0.05, 0) is 25.7 Å². The van der Waals surface area contributed by atoms with Crippen LogP contribution in [0.5, 0.6) is 0 Å². The summed E-state index contributed by atoms with van der Waals surface area (Å²) in [6.45, 7) is 7.66. The van der Waals surface area contributed by atoms with Crippen LogP contribution in [-0.2, 0) is 6.54 Å². The Morgan fingerprint density at radius 1 is 1.53 bits per heavy atom. The van der Waals surface area contributed by atoms with Gasteiger partial charge in [-0.15, -0.1) is 24.0 Å². The number of hydrogen-bond donors (Lipinski definition) is 2. The van der Waals surface area contributed by atoms with E-state index in [1.54, 1.807) is 0 Å². The molecule has 0 aromatic carbocycles. The summed E-state index contributed by atoms with van der Waals surface area (Å²) in [4.78, 5) is 4.50. The Morgan fingerprint density at radius 3 is 2.79 bits per heavy atom. The van der Waals surface area contributed by atoms with Crippen molar-refractivity contribution in [2.75, 3.05) is 6.54 Å². The summed E-state index contributed by atoms with van der Waals surface area (Å²) in [5.41, 5.74) is 0.986. The van der Waals surface area contributed by atoms with Crippen LogP contribution < -0.4 is 10.6 Å². The minimum atomic E-state index is 0. The van der Waals surface area contributed by atoms with Crippen LogP contribution in [-0.4, -0.2) is 23.7 Å². The van der Waals surface area contributed by atoms with E-state index in [0.29, 0.717) is 18.5 Å². The minimum Gasteiger partial charge on any atom is -0.359 e. The number of guanidine groups is 1. The second kappa shape index (κ2) is 7.72. The first-order chi connectivity index (χ1) is 8.69. The van der Waals surface area contributed by atoms with Crippen molar-refractivity contribution in [1.82, 2.24) is 15.8 Å². The van der Waals surface area contributed by atoms with E-state index in [1.807, 2.05) is 6.07 Å². The van der Waals surface area contributed by atoms with Crippen LogP contribution in [0.1, 0.15) is 51.0 Å². The molecule has 1 aromatic heterocycles. The Hall–Kier alpha value is -0.790. The predicted molar refractivity (Wildman–Crippen MR) is 87.0 cm³/mol. The van der Waals surface area contributed by atoms with Crippen LogP contribution in [0.3, 0.4) is 0 Å². The highest BCUT2D eigenvalue weighted by atomic mass is 127. The Kier molecular flexibility index (Phi) is 6.60. The van der Waals surface area contributed by atoms with Crippen LogP contribution in [0.15, 0.2) is 15.6 Å². The molecule has 1 saturated carbocycles. The third-order valence-electron chi connectivity index (χ3n) is 2.82. The largest absolute Gasteiger partial charge is 0.359 e. The van der Waals surface area contributed by atoms with Gasteiger partial charge in [0.2, 0.25) is 0 Å². The highest BCUT2D eigenvalue weighted by molar-refractivity contribution is 14.0. The summed E-state index contributed by atoms with van der Waals surface area (Å²) in [6.07, 6.45) is 2.48. The monoisotopic (exact) mass is 378 g/mol. The van der Waals surface area contributed by atoms with Crippen molar-refractivity contribution in [3.05, 3.63) is 17.5 Å². The summed E-state index contributed by atoms with van der Waals surface area (Å²) in [7, 11) is 0. The lowest BCUT2D eigenvalue weighted by atomic mass is 10.1. The first-order valence-electron chi connectivity index (χ1n) is 6.69. The van der Waals surface area contributed by atoms with Crippen molar-refractivity contribution in [1.29, 1.82) is 0 Å². The smallest absolute Gasteiger partial charge is 0.191 e. The minimum absolute atomic E-state index is 0. The summed E-state index contributed by atoms with van der Waals surface area (Å²) >= 11 is 0. The highest BCUT2D eigenvalue weighted by Crippen LogP contribution is 2.18. The Labute approximate surface area is 131 Å². The fraction of sp³-hybridized carbons (Fsp3) is 0.692. The summed E-state index contributed by atoms with van der Waals surface area (Å²) < 4.78 is 5.26. The molecular formula is C13H23IN4O. The van der Waals surface area contributed by atoms with E-state index in [0.717, 1.165) is 24.0 Å². The molecule has 6 heteroatoms. The molecular weight excluding hydrogens is 355 g/mol. The summed E-state index contributed by atoms with van der Waals surface area (Å²) in [6, 6.07) is 2.58. The van der Waals surface area contributed by atoms with Crippen LogP contribution in [0.4, 0.5) is 0 Å². The standard InChI is InChI=1S/C13H22N4O.HI/c1-4-14-13(16-10-5-6-10)15-8-11-7-12(9(2)3)17-18-11;/h7,9-10H,4-6,8H2,1-3H3,(H2,14,15,16);1H. The maximum Gasteiger partial charge on any atom is 0.191 e. The summed E-state index contributed by atoms with van der Waals surface area (Å²) in [5.74, 6) is 2.07. The molecule has 0 saturated heterocycles. The molecule has 0 aliphatic heterocycles. The van der Waals surface area contributed by atoms with Crippen LogP contribution in [0, 0.1) is 0 Å². The molecule has 2 N–H and O–H groups in total. The Balaban J connectivity index is 0.00000180. The lowest BCUT2D eigenvalue weighted by molar-refractivity contribution is 0.376. The first kappa shape index (κ1) is 16.3. The van der Waals surface area contributed by atoms with Crippen molar-refractivity contribution in [3.8, 4) is 0 Å². The molecule has 1 aromatic rings. The molecule has 0 spiro atoms. The first-order valence-corrected chi connectivity index (χ1v) is 6.69. The number of hydrogen-bond acceptors (Lipinski definition) is 3. The molecule has 1 aliphatic rings. The molecule has 19 heavy (non-hydrogen) atoms. The van der Waals surface area contributed by atoms with Gasteiger partial charge in [0.15, 0.2) is 11.7 Å². The molecule has 108 valence electrons. The molecule has 0 atom stereocenters. The SMILES string of the molecule is CCNC(=NCc1cc(C(C)C)no1)NC1CC1.I. The Morgan fingerprint density at radius 2 is 2.26 bits per heavy atom. The van der Waals surface area contributed by atoms with Crippen molar-refractivity contribution in [2.24, 2.45) is 4.99 Å². The molecule has 0 unspecified atom stereocenters. The number of nitrogens with one attached hydrogen (secondary N) is 2. The van der Waals surface area contributed by atoms with Gasteiger partial charge in [-0.2, -0.15) is 0 Å². The quantitative estimate of drug-likeness (QED) is 0.470. The van der Waals surface area contributed by atoms with Gasteiger partial charge in [-0.1, -0.05) is 19.0 Å². The van der Waals surface area contributed by atoms with Crippen molar-refractivity contribution in [2.45, 2.75) is 52.1 Å². The van der Waals surface area contributed by atoms with Gasteiger partial charge >= 0.3 is 0 Å². The van der Waals surface area contributed by atoms with Crippen LogP contribution in [0.25, 0.3) is 0 Å². The second-order valence-electron chi connectivity index (χ2n) is 4.99. The van der Waals surface area contributed by atoms with Crippen molar-refractivity contribution >= 4 is 29.9 Å². The Bertz CT molecular complexity index is 413. The molecule has 1 aliphatic carbocycles. The predicted octanol–water partition coefficient (Wildman–Crippen LogP) is 2.63. The van der Waals surface area contributed by atoms with Gasteiger partial charge in [0.25, 0.3) is 0 Å². The van der Waals surface area contributed by atoms with E-state index in [-0.39, 0.29) is 24.0 Å². The van der Waals surface area contributed by atoms with E-state index in [2.05, 4.69) is 41.6 Å². The number of aliphatic imine (C=N–C) groups is 1. The van der Waals surface area contributed by atoms with E-state index < -0.39 is 0 Å². The zero-order valence-corrected chi connectivity index (χ0v) is 14.1. The molecule has 0 bridgehead atoms. The van der Waals surface area contributed by atoms with Gasteiger partial charge in [-0.25, -0.2) is 4.99 Å². The number of aromatic nitrogens is 1. The molecule has 5 nitrogen and oxygen atoms in total. The van der Waals surface area contributed by atoms with E-state index in [9.17, 15) is 0 Å². The molecule has 2 rings (SSSR count). The maximum atomic E-state index is 5.26. The molecule has 1 fully saturated rings. The molecule has 0 radical (unpaired) electrons. The maximum absolute atomic E-state index is 5.26. The zero-order chi connectivity index (χ0) is 13.0. The van der Waals surface area contributed by atoms with Crippen LogP contribution >= 0.6 is 24.0 Å². The van der Waals surface area contributed by atoms with Crippen molar-refractivity contribution in [3.63, 3.8) is 0 Å². The number of nitrogens with zero attached hydrogens (tertiary/aromatic N) is 2. The van der Waals surface area contributed by atoms with E-state index in [4.69, 9.17) is 4.52 Å². The lowest BCUT2D eigenvalue weighted by Crippen LogP contribution is -2.38. The average Bonchev–Trinajstić information content (AvgIpc) is 3.01. The average molecular weight is 378 g/mol. The molecule has 1 heterocycles. The van der Waals surface area contributed by atoms with Gasteiger partial charge < -0.3 is 15.2 Å². The fourth-order valence-electron chi connectivity index (χ4n) is 1.57. The topological polar surface area (TPSA) is 62.5 Å². The van der Waals surface area contributed by atoms with E-state index >= 15 is 0 Å². The summed E-state index contributed by atoms with van der Waals surface area (Å²) in [5, 5.41) is 10.6. The van der Waals surface area contributed by atoms with Gasteiger partial charge in [-0.3, -0.25) is 0 Å². The van der Waals surface area contributed by atoms with Gasteiger partial charge in [0.05, 0.1) is 5.69 Å². The third-order valence-corrected chi connectivity index (χ3v) is 2.82. The van der Waals surface area contributed by atoms with Gasteiger partial charge in [0, 0.05) is 18.7 Å². The van der Waals surface area contributed by atoms with Crippen molar-refractivity contribution < 1.29 is 4.52 Å². The van der Waals surface area contributed by atoms with Crippen LogP contribution in [0.2, 0.25) is 0 Å². The number of rotatable bonds is 5. The zero-order valence-electron chi connectivity index (χ0n) is 11.8. The fourth-order valence-corrected chi connectivity index (χ4v) is 1.57. The van der Waals surface area contributed by atoms with E-state index in [1.165, 1.54) is 12.8 Å². The third kappa shape index (κ3) is 5.38. The normalized spacial score (nSPS) is 15.3.